The van der Waals surface area contributed by atoms with E-state index >= 15 is 0 Å². The predicted octanol–water partition coefficient (Wildman–Crippen LogP) is 5.12. The normalized spacial score (nSPS) is 11.9. The fourth-order valence-corrected chi connectivity index (χ4v) is 3.06. The van der Waals surface area contributed by atoms with Gasteiger partial charge in [-0.3, -0.25) is 4.79 Å². The lowest BCUT2D eigenvalue weighted by molar-refractivity contribution is -0.136. The highest BCUT2D eigenvalue weighted by atomic mass is 16.5. The molecule has 0 radical (unpaired) electrons. The van der Waals surface area contributed by atoms with Gasteiger partial charge in [0.15, 0.2) is 0 Å². The van der Waals surface area contributed by atoms with E-state index in [1.807, 2.05) is 24.3 Å². The molecule has 1 N–H and O–H groups in total. The molecule has 27 heavy (non-hydrogen) atoms. The maximum atomic E-state index is 10.8. The Labute approximate surface area is 162 Å². The van der Waals surface area contributed by atoms with Crippen LogP contribution in [-0.2, 0) is 17.6 Å². The first kappa shape index (κ1) is 20.8. The third-order valence-electron chi connectivity index (χ3n) is 4.62. The van der Waals surface area contributed by atoms with Crippen LogP contribution in [0, 0.1) is 13.8 Å². The zero-order valence-electron chi connectivity index (χ0n) is 16.7. The summed E-state index contributed by atoms with van der Waals surface area (Å²) in [6, 6.07) is 12.1. The molecule has 0 aliphatic carbocycles. The Hall–Kier alpha value is -2.49. The maximum Gasteiger partial charge on any atom is 0.303 e. The Kier molecular flexibility index (Phi) is 7.71. The third-order valence-corrected chi connectivity index (χ3v) is 4.62. The van der Waals surface area contributed by atoms with Crippen molar-refractivity contribution in [2.45, 2.75) is 59.5 Å². The molecule has 0 saturated heterocycles. The van der Waals surface area contributed by atoms with E-state index < -0.39 is 5.97 Å². The van der Waals surface area contributed by atoms with Gasteiger partial charge >= 0.3 is 5.97 Å². The van der Waals surface area contributed by atoms with Crippen LogP contribution >= 0.6 is 0 Å². The van der Waals surface area contributed by atoms with Crippen LogP contribution in [0.1, 0.15) is 48.9 Å². The molecule has 1 atom stereocenters. The molecule has 2 rings (SSSR count). The Morgan fingerprint density at radius 2 is 1.89 bits per heavy atom. The van der Waals surface area contributed by atoms with E-state index in [2.05, 4.69) is 39.8 Å². The van der Waals surface area contributed by atoms with Crippen molar-refractivity contribution < 1.29 is 19.4 Å². The van der Waals surface area contributed by atoms with Crippen molar-refractivity contribution in [3.8, 4) is 11.5 Å². The summed E-state index contributed by atoms with van der Waals surface area (Å²) in [4.78, 5) is 10.8. The van der Waals surface area contributed by atoms with Crippen molar-refractivity contribution in [1.82, 2.24) is 0 Å². The van der Waals surface area contributed by atoms with Crippen molar-refractivity contribution in [3.63, 3.8) is 0 Å². The van der Waals surface area contributed by atoms with Gasteiger partial charge in [-0.2, -0.15) is 0 Å². The monoisotopic (exact) mass is 370 g/mol. The van der Waals surface area contributed by atoms with Crippen LogP contribution in [0.4, 0.5) is 0 Å². The zero-order valence-corrected chi connectivity index (χ0v) is 16.7. The van der Waals surface area contributed by atoms with E-state index in [0.29, 0.717) is 13.0 Å². The van der Waals surface area contributed by atoms with Crippen molar-refractivity contribution in [3.05, 3.63) is 58.7 Å². The van der Waals surface area contributed by atoms with E-state index in [1.54, 1.807) is 0 Å². The van der Waals surface area contributed by atoms with E-state index in [1.165, 1.54) is 5.56 Å². The molecule has 0 bridgehead atoms. The molecule has 2 aromatic carbocycles. The van der Waals surface area contributed by atoms with Gasteiger partial charge in [0.1, 0.15) is 11.5 Å². The Balaban J connectivity index is 1.86. The first-order valence-corrected chi connectivity index (χ1v) is 9.59. The molecule has 4 heteroatoms. The summed E-state index contributed by atoms with van der Waals surface area (Å²) in [6.07, 6.45) is 2.42. The highest BCUT2D eigenvalue weighted by molar-refractivity contribution is 5.67. The highest BCUT2D eigenvalue weighted by Gasteiger charge is 2.09. The molecule has 2 aromatic rings. The summed E-state index contributed by atoms with van der Waals surface area (Å²) in [5.41, 5.74) is 4.61. The van der Waals surface area contributed by atoms with Crippen molar-refractivity contribution in [2.24, 2.45) is 0 Å². The number of rotatable bonds is 10. The summed E-state index contributed by atoms with van der Waals surface area (Å²) in [7, 11) is 0. The number of carbonyl (C=O) groups is 1. The molecule has 0 heterocycles. The Bertz CT molecular complexity index is 767. The molecule has 0 unspecified atom stereocenters. The third kappa shape index (κ3) is 6.63. The van der Waals surface area contributed by atoms with Gasteiger partial charge in [-0.1, -0.05) is 30.7 Å². The minimum absolute atomic E-state index is 0.0619. The smallest absolute Gasteiger partial charge is 0.303 e. The van der Waals surface area contributed by atoms with Gasteiger partial charge in [-0.05, 0) is 68.5 Å². The van der Waals surface area contributed by atoms with Crippen LogP contribution in [-0.4, -0.2) is 23.8 Å². The standard InChI is InChI=1S/C23H30O4/c1-5-19-15-21(9-7-20(19)8-11-23(24)25)26-13-12-18(4)27-22-10-6-16(2)14-17(22)3/h6-7,9-10,14-15,18H,5,8,11-13H2,1-4H3,(H,24,25)/t18-/m1/s1. The molecule has 0 aliphatic heterocycles. The van der Waals surface area contributed by atoms with Gasteiger partial charge in [0.05, 0.1) is 12.7 Å². The van der Waals surface area contributed by atoms with Crippen LogP contribution in [0.25, 0.3) is 0 Å². The second kappa shape index (κ2) is 10.0. The molecular formula is C23H30O4. The fraction of sp³-hybridized carbons (Fsp3) is 0.435. The van der Waals surface area contributed by atoms with Crippen LogP contribution in [0.3, 0.4) is 0 Å². The first-order valence-electron chi connectivity index (χ1n) is 9.59. The van der Waals surface area contributed by atoms with E-state index in [0.717, 1.165) is 41.0 Å². The lowest BCUT2D eigenvalue weighted by Crippen LogP contribution is -2.16. The molecule has 0 spiro atoms. The summed E-state index contributed by atoms with van der Waals surface area (Å²) in [5, 5.41) is 8.86. The van der Waals surface area contributed by atoms with Gasteiger partial charge in [0.2, 0.25) is 0 Å². The van der Waals surface area contributed by atoms with Gasteiger partial charge < -0.3 is 14.6 Å². The number of carboxylic acid groups (broad SMARTS) is 1. The molecular weight excluding hydrogens is 340 g/mol. The zero-order chi connectivity index (χ0) is 19.8. The average Bonchev–Trinajstić information content (AvgIpc) is 2.62. The number of ether oxygens (including phenoxy) is 2. The minimum Gasteiger partial charge on any atom is -0.493 e. The lowest BCUT2D eigenvalue weighted by Gasteiger charge is -2.17. The SMILES string of the molecule is CCc1cc(OCC[C@@H](C)Oc2ccc(C)cc2C)ccc1CCC(=O)O. The van der Waals surface area contributed by atoms with Gasteiger partial charge in [0.25, 0.3) is 0 Å². The topological polar surface area (TPSA) is 55.8 Å². The predicted molar refractivity (Wildman–Crippen MR) is 108 cm³/mol. The maximum absolute atomic E-state index is 10.8. The molecule has 0 aliphatic rings. The van der Waals surface area contributed by atoms with Gasteiger partial charge in [-0.15, -0.1) is 0 Å². The molecule has 4 nitrogen and oxygen atoms in total. The highest BCUT2D eigenvalue weighted by Crippen LogP contribution is 2.22. The van der Waals surface area contributed by atoms with Gasteiger partial charge in [0, 0.05) is 12.8 Å². The summed E-state index contributed by atoms with van der Waals surface area (Å²) < 4.78 is 11.9. The van der Waals surface area contributed by atoms with Gasteiger partial charge in [-0.25, -0.2) is 0 Å². The van der Waals surface area contributed by atoms with Crippen LogP contribution in [0.15, 0.2) is 36.4 Å². The second-order valence-corrected chi connectivity index (χ2v) is 7.01. The van der Waals surface area contributed by atoms with Crippen molar-refractivity contribution >= 4 is 5.97 Å². The number of carboxylic acids is 1. The van der Waals surface area contributed by atoms with E-state index in [4.69, 9.17) is 14.6 Å². The van der Waals surface area contributed by atoms with Crippen LogP contribution in [0.2, 0.25) is 0 Å². The quantitative estimate of drug-likeness (QED) is 0.631. The minimum atomic E-state index is -0.768. The molecule has 0 fully saturated rings. The molecule has 0 amide bonds. The van der Waals surface area contributed by atoms with Crippen LogP contribution in [0.5, 0.6) is 11.5 Å². The summed E-state index contributed by atoms with van der Waals surface area (Å²) in [6.45, 7) is 8.83. The largest absolute Gasteiger partial charge is 0.493 e. The number of aryl methyl sites for hydroxylation is 4. The number of aliphatic carboxylic acids is 1. The van der Waals surface area contributed by atoms with Crippen molar-refractivity contribution in [1.29, 1.82) is 0 Å². The molecule has 146 valence electrons. The molecule has 0 aromatic heterocycles. The molecule has 0 saturated carbocycles. The number of hydrogen-bond acceptors (Lipinski definition) is 3. The summed E-state index contributed by atoms with van der Waals surface area (Å²) >= 11 is 0. The Morgan fingerprint density at radius 3 is 2.56 bits per heavy atom. The lowest BCUT2D eigenvalue weighted by atomic mass is 10.0. The average molecular weight is 370 g/mol. The Morgan fingerprint density at radius 1 is 1.11 bits per heavy atom. The number of benzene rings is 2. The number of hydrogen-bond donors (Lipinski definition) is 1. The van der Waals surface area contributed by atoms with E-state index in [-0.39, 0.29) is 12.5 Å². The first-order chi connectivity index (χ1) is 12.9. The van der Waals surface area contributed by atoms with Crippen molar-refractivity contribution in [2.75, 3.05) is 6.61 Å². The van der Waals surface area contributed by atoms with E-state index in [9.17, 15) is 4.79 Å². The van der Waals surface area contributed by atoms with Crippen LogP contribution < -0.4 is 9.47 Å². The second-order valence-electron chi connectivity index (χ2n) is 7.01. The summed E-state index contributed by atoms with van der Waals surface area (Å²) in [5.74, 6) is 0.976. The fourth-order valence-electron chi connectivity index (χ4n) is 3.06.